The number of carbonyl (C=O) groups is 1. The van der Waals surface area contributed by atoms with E-state index < -0.39 is 18.9 Å². The normalized spacial score (nSPS) is 14.0. The molecule has 2 aromatic heterocycles. The summed E-state index contributed by atoms with van der Waals surface area (Å²) < 4.78 is 25.1. The van der Waals surface area contributed by atoms with E-state index in [1.54, 1.807) is 56.4 Å². The van der Waals surface area contributed by atoms with Crippen molar-refractivity contribution in [2.45, 2.75) is 26.8 Å². The summed E-state index contributed by atoms with van der Waals surface area (Å²) in [6.45, 7) is 1.06. The second-order valence-corrected chi connectivity index (χ2v) is 7.68. The number of aliphatic hydroxyl groups is 1. The number of nitrogens with two attached hydrogens (primary N) is 1. The predicted octanol–water partition coefficient (Wildman–Crippen LogP) is 4.23. The monoisotopic (exact) mass is 438 g/mol. The lowest BCUT2D eigenvalue weighted by atomic mass is 10.0. The Bertz CT molecular complexity index is 1420. The first-order chi connectivity index (χ1) is 16.0. The van der Waals surface area contributed by atoms with E-state index in [0.717, 1.165) is 0 Å². The zero-order valence-corrected chi connectivity index (χ0v) is 17.6. The fraction of sp³-hybridized carbons (Fsp3) is 0.174. The van der Waals surface area contributed by atoms with Crippen LogP contribution in [0, 0.1) is 20.7 Å². The van der Waals surface area contributed by atoms with Crippen molar-refractivity contribution in [1.82, 2.24) is 14.4 Å². The molecule has 2 heterocycles. The Kier molecular flexibility index (Phi) is 4.47. The van der Waals surface area contributed by atoms with Crippen LogP contribution in [0.3, 0.4) is 0 Å². The number of aryl methyl sites for hydroxylation is 3. The Morgan fingerprint density at radius 2 is 2.06 bits per heavy atom. The topological polar surface area (TPSA) is 106 Å². The summed E-state index contributed by atoms with van der Waals surface area (Å²) in [5, 5.41) is 13.5. The number of nitrogen functional groups attached to an aromatic ring is 1. The highest BCUT2D eigenvalue weighted by atomic mass is 35.5. The molecule has 0 saturated carbocycles. The average molecular weight is 439 g/mol. The van der Waals surface area contributed by atoms with Crippen LogP contribution in [0.15, 0.2) is 48.7 Å². The highest BCUT2D eigenvalue weighted by Crippen LogP contribution is 2.32. The molecular formula is C23H22ClN5O2. The van der Waals surface area contributed by atoms with E-state index in [9.17, 15) is 9.90 Å². The van der Waals surface area contributed by atoms with Crippen LogP contribution in [0.1, 0.15) is 32.9 Å². The van der Waals surface area contributed by atoms with Crippen LogP contribution >= 0.6 is 11.6 Å². The number of hydrogen-bond acceptors (Lipinski definition) is 5. The van der Waals surface area contributed by atoms with E-state index in [4.69, 9.17) is 21.4 Å². The van der Waals surface area contributed by atoms with Crippen LogP contribution in [0.4, 0.5) is 11.5 Å². The van der Waals surface area contributed by atoms with Crippen molar-refractivity contribution in [3.8, 4) is 11.3 Å². The second kappa shape index (κ2) is 8.02. The number of rotatable bonds is 4. The van der Waals surface area contributed by atoms with Gasteiger partial charge >= 0.3 is 0 Å². The number of nitrogens with zero attached hydrogens (tertiary/aromatic N) is 3. The van der Waals surface area contributed by atoms with Gasteiger partial charge in [-0.15, -0.1) is 0 Å². The molecule has 0 bridgehead atoms. The van der Waals surface area contributed by atoms with E-state index in [1.165, 1.54) is 10.5 Å². The summed E-state index contributed by atoms with van der Waals surface area (Å²) in [4.78, 5) is 21.2. The summed E-state index contributed by atoms with van der Waals surface area (Å²) >= 11 is 5.94. The zero-order chi connectivity index (χ0) is 24.8. The quantitative estimate of drug-likeness (QED) is 0.442. The van der Waals surface area contributed by atoms with Gasteiger partial charge in [0.05, 0.1) is 5.69 Å². The van der Waals surface area contributed by atoms with Gasteiger partial charge in [-0.05, 0) is 56.1 Å². The molecule has 4 N–H and O–H groups in total. The SMILES string of the molecule is [2H]C([2H])([2H])c1nc(-c2ccc(NC(=O)[C@@H](O)c3cccc(Cl)c3)cc2C)c2c(N)nc(C)cn12. The van der Waals surface area contributed by atoms with Gasteiger partial charge in [-0.3, -0.25) is 9.20 Å². The molecule has 0 aliphatic carbocycles. The third kappa shape index (κ3) is 3.97. The van der Waals surface area contributed by atoms with Gasteiger partial charge in [-0.25, -0.2) is 9.97 Å². The molecule has 8 heteroatoms. The molecule has 0 spiro atoms. The molecule has 2 aromatic carbocycles. The average Bonchev–Trinajstić information content (AvgIpc) is 3.13. The first kappa shape index (κ1) is 17.3. The number of imidazole rings is 1. The first-order valence-corrected chi connectivity index (χ1v) is 9.84. The van der Waals surface area contributed by atoms with Crippen molar-refractivity contribution in [2.75, 3.05) is 11.1 Å². The molecule has 0 saturated heterocycles. The maximum absolute atomic E-state index is 12.5. The summed E-state index contributed by atoms with van der Waals surface area (Å²) in [5.41, 5.74) is 9.66. The van der Waals surface area contributed by atoms with Crippen LogP contribution in [-0.2, 0) is 4.79 Å². The van der Waals surface area contributed by atoms with Crippen molar-refractivity contribution in [3.05, 3.63) is 76.3 Å². The third-order valence-electron chi connectivity index (χ3n) is 4.93. The molecule has 158 valence electrons. The standard InChI is InChI=1S/C23H22ClN5O2/c1-12-9-17(28-23(31)21(30)15-5-4-6-16(24)10-15)7-8-18(12)19-20-22(25)26-13(2)11-29(20)14(3)27-19/h4-11,21,30H,1-3H3,(H2,25,26)(H,28,31)/t21-/m0/s1/i3D3. The molecule has 0 radical (unpaired) electrons. The Morgan fingerprint density at radius 1 is 1.26 bits per heavy atom. The number of fused-ring (bicyclic) bond motifs is 1. The molecule has 31 heavy (non-hydrogen) atoms. The molecule has 0 aliphatic rings. The third-order valence-corrected chi connectivity index (χ3v) is 5.16. The number of aromatic nitrogens is 3. The maximum atomic E-state index is 12.5. The van der Waals surface area contributed by atoms with Crippen LogP contribution in [0.5, 0.6) is 0 Å². The van der Waals surface area contributed by atoms with Crippen LogP contribution in [0.2, 0.25) is 5.02 Å². The number of benzene rings is 2. The van der Waals surface area contributed by atoms with Crippen molar-refractivity contribution in [3.63, 3.8) is 0 Å². The lowest BCUT2D eigenvalue weighted by Gasteiger charge is -2.13. The summed E-state index contributed by atoms with van der Waals surface area (Å²) in [6, 6.07) is 11.5. The minimum absolute atomic E-state index is 0.115. The van der Waals surface area contributed by atoms with E-state index in [1.807, 2.05) is 0 Å². The van der Waals surface area contributed by atoms with Gasteiger partial charge in [-0.1, -0.05) is 29.8 Å². The summed E-state index contributed by atoms with van der Waals surface area (Å²) in [7, 11) is 0. The van der Waals surface area contributed by atoms with E-state index in [2.05, 4.69) is 15.3 Å². The number of hydrogen-bond donors (Lipinski definition) is 3. The maximum Gasteiger partial charge on any atom is 0.257 e. The predicted molar refractivity (Wildman–Crippen MR) is 122 cm³/mol. The Morgan fingerprint density at radius 3 is 2.77 bits per heavy atom. The molecule has 4 aromatic rings. The summed E-state index contributed by atoms with van der Waals surface area (Å²) in [6.07, 6.45) is 0.192. The van der Waals surface area contributed by atoms with E-state index >= 15 is 0 Å². The number of carbonyl (C=O) groups excluding carboxylic acids is 1. The Labute approximate surface area is 188 Å². The molecule has 0 unspecified atom stereocenters. The van der Waals surface area contributed by atoms with E-state index in [-0.39, 0.29) is 11.6 Å². The number of anilines is 2. The molecule has 7 nitrogen and oxygen atoms in total. The van der Waals surface area contributed by atoms with Gasteiger partial charge in [-0.2, -0.15) is 0 Å². The number of amides is 1. The highest BCUT2D eigenvalue weighted by Gasteiger charge is 2.19. The molecule has 4 rings (SSSR count). The van der Waals surface area contributed by atoms with Gasteiger partial charge in [0.15, 0.2) is 6.10 Å². The zero-order valence-electron chi connectivity index (χ0n) is 19.8. The minimum Gasteiger partial charge on any atom is -0.382 e. The van der Waals surface area contributed by atoms with Gasteiger partial charge in [0, 0.05) is 26.6 Å². The lowest BCUT2D eigenvalue weighted by molar-refractivity contribution is -0.124. The Balaban J connectivity index is 1.70. The smallest absolute Gasteiger partial charge is 0.257 e. The van der Waals surface area contributed by atoms with Crippen LogP contribution in [0.25, 0.3) is 16.8 Å². The fourth-order valence-electron chi connectivity index (χ4n) is 3.50. The fourth-order valence-corrected chi connectivity index (χ4v) is 3.69. The van der Waals surface area contributed by atoms with Crippen molar-refractivity contribution in [2.24, 2.45) is 0 Å². The van der Waals surface area contributed by atoms with E-state index in [0.29, 0.717) is 44.3 Å². The largest absolute Gasteiger partial charge is 0.382 e. The van der Waals surface area contributed by atoms with Gasteiger partial charge < -0.3 is 16.2 Å². The number of nitrogens with one attached hydrogen (secondary N) is 1. The minimum atomic E-state index is -2.46. The lowest BCUT2D eigenvalue weighted by Crippen LogP contribution is -2.20. The van der Waals surface area contributed by atoms with Gasteiger partial charge in [0.1, 0.15) is 22.9 Å². The van der Waals surface area contributed by atoms with Crippen molar-refractivity contribution >= 4 is 34.5 Å². The highest BCUT2D eigenvalue weighted by molar-refractivity contribution is 6.30. The number of halogens is 1. The summed E-state index contributed by atoms with van der Waals surface area (Å²) in [5.74, 6) is -0.564. The van der Waals surface area contributed by atoms with Crippen LogP contribution in [-0.4, -0.2) is 25.4 Å². The van der Waals surface area contributed by atoms with Gasteiger partial charge in [0.2, 0.25) is 0 Å². The molecule has 1 amide bonds. The first-order valence-electron chi connectivity index (χ1n) is 11.0. The van der Waals surface area contributed by atoms with Crippen molar-refractivity contribution < 1.29 is 14.0 Å². The molecule has 0 aliphatic heterocycles. The molecule has 0 fully saturated rings. The Hall–Kier alpha value is -3.42. The molecule has 1 atom stereocenters. The van der Waals surface area contributed by atoms with Crippen molar-refractivity contribution in [1.29, 1.82) is 0 Å². The second-order valence-electron chi connectivity index (χ2n) is 7.25. The number of aliphatic hydroxyl groups excluding tert-OH is 1. The van der Waals surface area contributed by atoms with Gasteiger partial charge in [0.25, 0.3) is 5.91 Å². The molecular weight excluding hydrogens is 414 g/mol. The van der Waals surface area contributed by atoms with Crippen LogP contribution < -0.4 is 11.1 Å².